The Kier molecular flexibility index (Phi) is 8.59. The molecule has 2 aromatic carbocycles. The van der Waals surface area contributed by atoms with E-state index in [0.29, 0.717) is 39.5 Å². The number of benzene rings is 2. The van der Waals surface area contributed by atoms with Crippen LogP contribution in [0, 0.1) is 0 Å². The number of carbonyl (C=O) groups excluding carboxylic acids is 1. The predicted molar refractivity (Wildman–Crippen MR) is 174 cm³/mol. The Morgan fingerprint density at radius 2 is 1.75 bits per heavy atom. The number of carbonyl (C=O) groups is 1. The van der Waals surface area contributed by atoms with Gasteiger partial charge in [0.15, 0.2) is 0 Å². The molecule has 1 saturated carbocycles. The lowest BCUT2D eigenvalue weighted by Crippen LogP contribution is -2.49. The van der Waals surface area contributed by atoms with Crippen molar-refractivity contribution in [3.05, 3.63) is 66.5 Å². The van der Waals surface area contributed by atoms with Crippen molar-refractivity contribution in [2.75, 3.05) is 37.7 Å². The molecule has 1 amide bonds. The number of ether oxygens (including phenoxy) is 3. The lowest BCUT2D eigenvalue weighted by atomic mass is 10.1. The fourth-order valence-corrected chi connectivity index (χ4v) is 5.97. The highest BCUT2D eigenvalue weighted by Crippen LogP contribution is 2.41. The highest BCUT2D eigenvalue weighted by atomic mass is 28.3. The number of hydrogen-bond acceptors (Lipinski definition) is 8. The number of aromatic nitrogens is 4. The van der Waals surface area contributed by atoms with Gasteiger partial charge in [-0.3, -0.25) is 0 Å². The standard InChI is InChI=1S/C33H42N6O4Si/c1-33(12-13-33)43-26-10-11-28-27(20-26)31(39(36-28)24-41-18-19-44(2,3)4)29-21-30(35-23-34-29)37-14-16-38(17-15-37)32(40)42-22-25-8-6-5-7-9-25/h5-11,20-21,23H,12-19,22,24H2,1-4H3. The van der Waals surface area contributed by atoms with Crippen molar-refractivity contribution < 1.29 is 19.0 Å². The minimum atomic E-state index is -1.22. The van der Waals surface area contributed by atoms with Crippen LogP contribution in [0.2, 0.25) is 25.7 Å². The van der Waals surface area contributed by atoms with Crippen molar-refractivity contribution in [1.82, 2.24) is 24.6 Å². The number of nitrogens with zero attached hydrogens (tertiary/aromatic N) is 6. The zero-order valence-electron chi connectivity index (χ0n) is 26.2. The summed E-state index contributed by atoms with van der Waals surface area (Å²) in [5.74, 6) is 1.65. The van der Waals surface area contributed by atoms with Gasteiger partial charge in [-0.05, 0) is 49.6 Å². The molecule has 0 unspecified atom stereocenters. The van der Waals surface area contributed by atoms with Crippen LogP contribution in [0.1, 0.15) is 25.3 Å². The van der Waals surface area contributed by atoms with Crippen molar-refractivity contribution in [3.8, 4) is 17.1 Å². The number of amides is 1. The average Bonchev–Trinajstić information content (AvgIpc) is 3.63. The van der Waals surface area contributed by atoms with Gasteiger partial charge in [0, 0.05) is 52.3 Å². The molecule has 10 nitrogen and oxygen atoms in total. The maximum atomic E-state index is 12.7. The van der Waals surface area contributed by atoms with E-state index in [4.69, 9.17) is 24.3 Å². The first-order valence-electron chi connectivity index (χ1n) is 15.5. The summed E-state index contributed by atoms with van der Waals surface area (Å²) in [5.41, 5.74) is 3.41. The van der Waals surface area contributed by atoms with Gasteiger partial charge in [-0.15, -0.1) is 0 Å². The number of piperazine rings is 1. The maximum Gasteiger partial charge on any atom is 0.410 e. The third-order valence-electron chi connectivity index (χ3n) is 8.20. The van der Waals surface area contributed by atoms with E-state index < -0.39 is 8.07 Å². The Morgan fingerprint density at radius 3 is 2.48 bits per heavy atom. The smallest absolute Gasteiger partial charge is 0.410 e. The van der Waals surface area contributed by atoms with Gasteiger partial charge in [0.1, 0.15) is 36.8 Å². The van der Waals surface area contributed by atoms with Crippen LogP contribution in [-0.4, -0.2) is 77.2 Å². The molecule has 11 heteroatoms. The number of hydrogen-bond donors (Lipinski definition) is 0. The largest absolute Gasteiger partial charge is 0.488 e. The minimum absolute atomic E-state index is 0.0814. The van der Waals surface area contributed by atoms with E-state index in [1.165, 1.54) is 0 Å². The average molecular weight is 615 g/mol. The van der Waals surface area contributed by atoms with Crippen molar-refractivity contribution >= 4 is 30.9 Å². The van der Waals surface area contributed by atoms with Crippen molar-refractivity contribution in [2.45, 2.75) is 64.4 Å². The van der Waals surface area contributed by atoms with E-state index in [2.05, 4.69) is 42.5 Å². The van der Waals surface area contributed by atoms with Crippen LogP contribution in [0.15, 0.2) is 60.9 Å². The molecule has 1 aliphatic carbocycles. The van der Waals surface area contributed by atoms with Gasteiger partial charge in [-0.2, -0.15) is 5.10 Å². The second kappa shape index (κ2) is 12.6. The lowest BCUT2D eigenvalue weighted by molar-refractivity contribution is 0.0802. The Bertz CT molecular complexity index is 1590. The summed E-state index contributed by atoms with van der Waals surface area (Å²) in [6, 6.07) is 18.9. The molecule has 232 valence electrons. The van der Waals surface area contributed by atoms with Gasteiger partial charge in [-0.1, -0.05) is 50.0 Å². The van der Waals surface area contributed by atoms with E-state index in [-0.39, 0.29) is 18.3 Å². The van der Waals surface area contributed by atoms with E-state index in [9.17, 15) is 4.79 Å². The first-order valence-corrected chi connectivity index (χ1v) is 19.2. The fraction of sp³-hybridized carbons (Fsp3) is 0.455. The quantitative estimate of drug-likeness (QED) is 0.146. The van der Waals surface area contributed by atoms with Gasteiger partial charge >= 0.3 is 6.09 Å². The molecule has 2 fully saturated rings. The molecule has 2 aromatic heterocycles. The summed E-state index contributed by atoms with van der Waals surface area (Å²) in [7, 11) is -1.22. The Hall–Kier alpha value is -3.96. The summed E-state index contributed by atoms with van der Waals surface area (Å²) in [6.07, 6.45) is 3.44. The number of fused-ring (bicyclic) bond motifs is 1. The number of rotatable bonds is 11. The molecule has 6 rings (SSSR count). The third-order valence-corrected chi connectivity index (χ3v) is 9.90. The topological polar surface area (TPSA) is 94.8 Å². The zero-order chi connectivity index (χ0) is 30.7. The van der Waals surface area contributed by atoms with Crippen molar-refractivity contribution in [2.24, 2.45) is 0 Å². The Morgan fingerprint density at radius 1 is 0.977 bits per heavy atom. The van der Waals surface area contributed by atoms with E-state index in [1.54, 1.807) is 11.2 Å². The second-order valence-electron chi connectivity index (χ2n) is 13.2. The monoisotopic (exact) mass is 614 g/mol. The summed E-state index contributed by atoms with van der Waals surface area (Å²) < 4.78 is 19.9. The third kappa shape index (κ3) is 7.39. The first kappa shape index (κ1) is 30.1. The fourth-order valence-electron chi connectivity index (χ4n) is 5.21. The second-order valence-corrected chi connectivity index (χ2v) is 18.8. The molecule has 1 saturated heterocycles. The van der Waals surface area contributed by atoms with Crippen LogP contribution in [0.3, 0.4) is 0 Å². The van der Waals surface area contributed by atoms with Gasteiger partial charge in [0.2, 0.25) is 0 Å². The first-order chi connectivity index (χ1) is 21.2. The molecular weight excluding hydrogens is 572 g/mol. The maximum absolute atomic E-state index is 12.7. The molecule has 0 atom stereocenters. The van der Waals surface area contributed by atoms with Gasteiger partial charge in [-0.25, -0.2) is 19.4 Å². The lowest BCUT2D eigenvalue weighted by Gasteiger charge is -2.34. The van der Waals surface area contributed by atoms with Crippen LogP contribution in [0.5, 0.6) is 5.75 Å². The van der Waals surface area contributed by atoms with Crippen LogP contribution in [-0.2, 0) is 22.8 Å². The molecular formula is C33H42N6O4Si. The van der Waals surface area contributed by atoms with Crippen LogP contribution in [0.4, 0.5) is 10.6 Å². The zero-order valence-corrected chi connectivity index (χ0v) is 27.2. The molecule has 3 heterocycles. The summed E-state index contributed by atoms with van der Waals surface area (Å²) in [6.45, 7) is 12.9. The van der Waals surface area contributed by atoms with E-state index >= 15 is 0 Å². The highest BCUT2D eigenvalue weighted by Gasteiger charge is 2.40. The molecule has 44 heavy (non-hydrogen) atoms. The normalized spacial score (nSPS) is 16.3. The predicted octanol–water partition coefficient (Wildman–Crippen LogP) is 6.20. The van der Waals surface area contributed by atoms with E-state index in [1.807, 2.05) is 53.2 Å². The highest BCUT2D eigenvalue weighted by molar-refractivity contribution is 6.76. The van der Waals surface area contributed by atoms with Crippen LogP contribution < -0.4 is 9.64 Å². The van der Waals surface area contributed by atoms with Gasteiger partial charge in [0.25, 0.3) is 0 Å². The molecule has 0 radical (unpaired) electrons. The Balaban J connectivity index is 1.19. The summed E-state index contributed by atoms with van der Waals surface area (Å²) >= 11 is 0. The SMILES string of the molecule is CC1(Oc2ccc3nn(COCC[Si](C)(C)C)c(-c4cc(N5CCN(C(=O)OCc6ccccc6)CC5)ncn4)c3c2)CC1. The van der Waals surface area contributed by atoms with Crippen LogP contribution in [0.25, 0.3) is 22.3 Å². The number of anilines is 1. The minimum Gasteiger partial charge on any atom is -0.488 e. The van der Waals surface area contributed by atoms with Crippen LogP contribution >= 0.6 is 0 Å². The molecule has 0 bridgehead atoms. The molecule has 0 spiro atoms. The summed E-state index contributed by atoms with van der Waals surface area (Å²) in [4.78, 5) is 25.9. The molecule has 0 N–H and O–H groups in total. The van der Waals surface area contributed by atoms with Gasteiger partial charge < -0.3 is 24.0 Å². The van der Waals surface area contributed by atoms with Gasteiger partial charge in [0.05, 0.1) is 16.9 Å². The molecule has 2 aliphatic rings. The summed E-state index contributed by atoms with van der Waals surface area (Å²) in [5, 5.41) is 5.87. The molecule has 1 aliphatic heterocycles. The van der Waals surface area contributed by atoms with E-state index in [0.717, 1.165) is 58.3 Å². The van der Waals surface area contributed by atoms with Crippen molar-refractivity contribution in [3.63, 3.8) is 0 Å². The Labute approximate surface area is 260 Å². The van der Waals surface area contributed by atoms with Crippen molar-refractivity contribution in [1.29, 1.82) is 0 Å². The molecule has 4 aromatic rings.